The lowest BCUT2D eigenvalue weighted by atomic mass is 10.0. The van der Waals surface area contributed by atoms with Gasteiger partial charge in [0, 0.05) is 16.7 Å². The van der Waals surface area contributed by atoms with Gasteiger partial charge < -0.3 is 19.6 Å². The first-order chi connectivity index (χ1) is 12.5. The molecule has 26 heavy (non-hydrogen) atoms. The molecule has 0 fully saturated rings. The number of ether oxygens (including phenoxy) is 2. The van der Waals surface area contributed by atoms with Crippen LogP contribution in [-0.2, 0) is 7.05 Å². The molecule has 0 aliphatic carbocycles. The Morgan fingerprint density at radius 3 is 2.54 bits per heavy atom. The van der Waals surface area contributed by atoms with Crippen molar-refractivity contribution < 1.29 is 19.2 Å². The van der Waals surface area contributed by atoms with Crippen molar-refractivity contribution in [3.05, 3.63) is 69.8 Å². The topological polar surface area (TPSA) is 109 Å². The van der Waals surface area contributed by atoms with Crippen molar-refractivity contribution in [2.75, 3.05) is 7.11 Å². The highest BCUT2D eigenvalue weighted by Crippen LogP contribution is 2.30. The Morgan fingerprint density at radius 2 is 1.92 bits per heavy atom. The lowest BCUT2D eigenvalue weighted by Gasteiger charge is -2.10. The van der Waals surface area contributed by atoms with Gasteiger partial charge in [-0.05, 0) is 22.0 Å². The lowest BCUT2D eigenvalue weighted by molar-refractivity contribution is -0.394. The normalized spacial score (nSPS) is 10.4. The molecule has 0 saturated carbocycles. The maximum atomic E-state index is 12.8. The van der Waals surface area contributed by atoms with Crippen LogP contribution < -0.4 is 9.47 Å². The average Bonchev–Trinajstić information content (AvgIpc) is 3.02. The number of hydrogen-bond acceptors (Lipinski definition) is 7. The Hall–Kier alpha value is -3.75. The number of benzene rings is 2. The van der Waals surface area contributed by atoms with Crippen molar-refractivity contribution in [1.82, 2.24) is 14.8 Å². The molecule has 1 aromatic heterocycles. The van der Waals surface area contributed by atoms with Crippen molar-refractivity contribution >= 4 is 11.7 Å². The molecule has 9 nitrogen and oxygen atoms in total. The second-order valence-electron chi connectivity index (χ2n) is 5.23. The molecular weight excluding hydrogens is 340 g/mol. The molecule has 0 amide bonds. The third-order valence-electron chi connectivity index (χ3n) is 3.55. The summed E-state index contributed by atoms with van der Waals surface area (Å²) in [4.78, 5) is 26.6. The monoisotopic (exact) mass is 354 g/mol. The molecule has 0 radical (unpaired) electrons. The van der Waals surface area contributed by atoms with Crippen LogP contribution in [0.2, 0.25) is 0 Å². The average molecular weight is 354 g/mol. The van der Waals surface area contributed by atoms with E-state index in [0.717, 1.165) is 4.68 Å². The Labute approximate surface area is 148 Å². The van der Waals surface area contributed by atoms with E-state index in [-0.39, 0.29) is 23.1 Å². The van der Waals surface area contributed by atoms with Crippen molar-refractivity contribution in [1.29, 1.82) is 0 Å². The summed E-state index contributed by atoms with van der Waals surface area (Å²) < 4.78 is 11.9. The number of ketones is 1. The Kier molecular flexibility index (Phi) is 4.61. The van der Waals surface area contributed by atoms with Gasteiger partial charge in [-0.3, -0.25) is 4.79 Å². The molecule has 0 aliphatic rings. The maximum absolute atomic E-state index is 12.8. The molecular formula is C17H14N4O5. The number of nitro groups is 1. The van der Waals surface area contributed by atoms with Gasteiger partial charge in [0.05, 0.1) is 19.7 Å². The zero-order valence-electron chi connectivity index (χ0n) is 13.9. The van der Waals surface area contributed by atoms with Gasteiger partial charge in [0.1, 0.15) is 11.5 Å². The van der Waals surface area contributed by atoms with Gasteiger partial charge in [-0.1, -0.05) is 30.3 Å². The molecule has 9 heteroatoms. The second kappa shape index (κ2) is 7.01. The fourth-order valence-corrected chi connectivity index (χ4v) is 2.27. The van der Waals surface area contributed by atoms with Crippen LogP contribution in [0.1, 0.15) is 15.9 Å². The van der Waals surface area contributed by atoms with Crippen LogP contribution in [-0.4, -0.2) is 32.6 Å². The van der Waals surface area contributed by atoms with Gasteiger partial charge in [-0.15, -0.1) is 4.68 Å². The summed E-state index contributed by atoms with van der Waals surface area (Å²) in [6.45, 7) is 0. The standard InChI is InChI=1S/C17H14N4O5/c1-20-17(18-16(19-20)21(23)24)26-14-10-12(25-2)8-9-13(14)15(22)11-6-4-3-5-7-11/h3-10H,1-2H3. The highest BCUT2D eigenvalue weighted by atomic mass is 16.6. The molecule has 0 spiro atoms. The van der Waals surface area contributed by atoms with Crippen LogP contribution in [0, 0.1) is 10.1 Å². The molecule has 0 N–H and O–H groups in total. The van der Waals surface area contributed by atoms with Gasteiger partial charge >= 0.3 is 12.0 Å². The van der Waals surface area contributed by atoms with Crippen LogP contribution in [0.3, 0.4) is 0 Å². The highest BCUT2D eigenvalue weighted by Gasteiger charge is 2.24. The molecule has 3 aromatic rings. The minimum Gasteiger partial charge on any atom is -0.497 e. The first-order valence-corrected chi connectivity index (χ1v) is 7.50. The Bertz CT molecular complexity index is 969. The van der Waals surface area contributed by atoms with E-state index in [0.29, 0.717) is 11.3 Å². The summed E-state index contributed by atoms with van der Waals surface area (Å²) in [7, 11) is 2.93. The van der Waals surface area contributed by atoms with Gasteiger partial charge in [-0.2, -0.15) is 0 Å². The molecule has 0 aliphatic heterocycles. The van der Waals surface area contributed by atoms with E-state index in [1.165, 1.54) is 20.2 Å². The number of aryl methyl sites for hydroxylation is 1. The van der Waals surface area contributed by atoms with E-state index in [2.05, 4.69) is 10.1 Å². The third-order valence-corrected chi connectivity index (χ3v) is 3.55. The zero-order valence-corrected chi connectivity index (χ0v) is 13.9. The fraction of sp³-hybridized carbons (Fsp3) is 0.118. The number of nitrogens with zero attached hydrogens (tertiary/aromatic N) is 4. The summed E-state index contributed by atoms with van der Waals surface area (Å²) in [6.07, 6.45) is 0. The van der Waals surface area contributed by atoms with Crippen LogP contribution >= 0.6 is 0 Å². The highest BCUT2D eigenvalue weighted by molar-refractivity contribution is 6.10. The summed E-state index contributed by atoms with van der Waals surface area (Å²) in [5.74, 6) is -0.244. The minimum atomic E-state index is -0.728. The van der Waals surface area contributed by atoms with E-state index in [1.54, 1.807) is 42.5 Å². The SMILES string of the molecule is COc1ccc(C(=O)c2ccccc2)c(Oc2nc([N+](=O)[O-])nn2C)c1. The largest absolute Gasteiger partial charge is 0.497 e. The van der Waals surface area contributed by atoms with Gasteiger partial charge in [-0.25, -0.2) is 0 Å². The molecule has 1 heterocycles. The predicted octanol–water partition coefficient (Wildman–Crippen LogP) is 2.76. The van der Waals surface area contributed by atoms with E-state index >= 15 is 0 Å². The van der Waals surface area contributed by atoms with Crippen molar-refractivity contribution in [2.45, 2.75) is 0 Å². The quantitative estimate of drug-likeness (QED) is 0.380. The summed E-state index contributed by atoms with van der Waals surface area (Å²) in [6, 6.07) is 13.3. The number of hydrogen-bond donors (Lipinski definition) is 0. The smallest absolute Gasteiger partial charge is 0.494 e. The maximum Gasteiger partial charge on any atom is 0.494 e. The number of aromatic nitrogens is 3. The van der Waals surface area contributed by atoms with E-state index in [9.17, 15) is 14.9 Å². The number of rotatable bonds is 6. The van der Waals surface area contributed by atoms with Crippen LogP contribution in [0.25, 0.3) is 0 Å². The summed E-state index contributed by atoms with van der Waals surface area (Å²) in [5.41, 5.74) is 0.745. The molecule has 2 aromatic carbocycles. The fourth-order valence-electron chi connectivity index (χ4n) is 2.27. The lowest BCUT2D eigenvalue weighted by Crippen LogP contribution is -2.05. The summed E-state index contributed by atoms with van der Waals surface area (Å²) in [5, 5.41) is 14.5. The van der Waals surface area contributed by atoms with Crippen molar-refractivity contribution in [3.63, 3.8) is 0 Å². The minimum absolute atomic E-state index is 0.118. The van der Waals surface area contributed by atoms with E-state index in [4.69, 9.17) is 9.47 Å². The predicted molar refractivity (Wildman–Crippen MR) is 90.6 cm³/mol. The van der Waals surface area contributed by atoms with Crippen LogP contribution in [0.5, 0.6) is 17.5 Å². The van der Waals surface area contributed by atoms with Gasteiger partial charge in [0.2, 0.25) is 0 Å². The molecule has 0 bridgehead atoms. The first-order valence-electron chi connectivity index (χ1n) is 7.50. The van der Waals surface area contributed by atoms with Crippen molar-refractivity contribution in [3.8, 4) is 17.5 Å². The summed E-state index contributed by atoms with van der Waals surface area (Å²) >= 11 is 0. The molecule has 0 saturated heterocycles. The number of carbonyl (C=O) groups is 1. The van der Waals surface area contributed by atoms with E-state index in [1.807, 2.05) is 0 Å². The van der Waals surface area contributed by atoms with Crippen LogP contribution in [0.4, 0.5) is 5.95 Å². The van der Waals surface area contributed by atoms with Crippen molar-refractivity contribution in [2.24, 2.45) is 7.05 Å². The Balaban J connectivity index is 2.02. The molecule has 0 atom stereocenters. The molecule has 3 rings (SSSR count). The van der Waals surface area contributed by atoms with E-state index < -0.39 is 10.9 Å². The Morgan fingerprint density at radius 1 is 1.19 bits per heavy atom. The number of methoxy groups -OCH3 is 1. The van der Waals surface area contributed by atoms with Gasteiger partial charge in [0.25, 0.3) is 0 Å². The third kappa shape index (κ3) is 3.36. The molecule has 0 unspecified atom stereocenters. The zero-order chi connectivity index (χ0) is 18.7. The number of carbonyl (C=O) groups excluding carboxylic acids is 1. The molecule has 132 valence electrons. The van der Waals surface area contributed by atoms with Crippen LogP contribution in [0.15, 0.2) is 48.5 Å². The first kappa shape index (κ1) is 17.1. The van der Waals surface area contributed by atoms with Gasteiger partial charge in [0.15, 0.2) is 5.78 Å². The second-order valence-corrected chi connectivity index (χ2v) is 5.23.